The average Bonchev–Trinajstić information content (AvgIpc) is 3.02. The molecule has 1 aliphatic rings. The van der Waals surface area contributed by atoms with Gasteiger partial charge in [-0.25, -0.2) is 9.97 Å². The molecule has 0 unspecified atom stereocenters. The zero-order chi connectivity index (χ0) is 35.5. The molecule has 2 aromatic heterocycles. The van der Waals surface area contributed by atoms with Crippen LogP contribution >= 0.6 is 0 Å². The molecule has 0 radical (unpaired) electrons. The number of nitrogens with one attached hydrogen (secondary N) is 1. The lowest BCUT2D eigenvalue weighted by Gasteiger charge is -2.30. The average molecular weight is 695 g/mol. The number of halogens is 2. The summed E-state index contributed by atoms with van der Waals surface area (Å²) in [4.78, 5) is 10.8. The number of aliphatic hydroxyl groups is 1. The first kappa shape index (κ1) is 36.2. The molecule has 2 N–H and O–H groups in total. The molecule has 0 atom stereocenters. The fourth-order valence-corrected chi connectivity index (χ4v) is 6.45. The van der Waals surface area contributed by atoms with Crippen molar-refractivity contribution in [3.63, 3.8) is 0 Å². The highest BCUT2D eigenvalue weighted by atomic mass is 32.2. The number of benzene rings is 2. The van der Waals surface area contributed by atoms with E-state index < -0.39 is 28.2 Å². The number of hydrogen-bond acceptors (Lipinski definition) is 8. The third kappa shape index (κ3) is 9.52. The van der Waals surface area contributed by atoms with Gasteiger partial charge in [0, 0.05) is 36.4 Å². The Morgan fingerprint density at radius 3 is 2.47 bits per heavy atom. The molecule has 9 nitrogen and oxygen atoms in total. The van der Waals surface area contributed by atoms with E-state index in [0.717, 1.165) is 6.42 Å². The van der Waals surface area contributed by atoms with E-state index in [1.54, 1.807) is 49.1 Å². The van der Waals surface area contributed by atoms with E-state index in [2.05, 4.69) is 35.5 Å². The van der Waals surface area contributed by atoms with Crippen molar-refractivity contribution in [3.05, 3.63) is 84.4 Å². The molecule has 4 bridgehead atoms. The van der Waals surface area contributed by atoms with Crippen LogP contribution in [-0.4, -0.2) is 62.0 Å². The molecule has 3 heterocycles. The van der Waals surface area contributed by atoms with E-state index in [1.807, 2.05) is 24.3 Å². The van der Waals surface area contributed by atoms with Gasteiger partial charge in [0.05, 0.1) is 17.9 Å². The SMILES string of the molecule is CC(C)(C)CCOc1cccc(-c2ccc3nc2-c2ccccc2C(F)(F)COCCCN(CC(C)(C)O)c2cccc(n2)S(=O)(=O)N3)c1. The van der Waals surface area contributed by atoms with Crippen molar-refractivity contribution in [3.8, 4) is 28.1 Å². The van der Waals surface area contributed by atoms with Crippen LogP contribution in [0.15, 0.2) is 83.9 Å². The highest BCUT2D eigenvalue weighted by Gasteiger charge is 2.36. The maximum absolute atomic E-state index is 16.0. The lowest BCUT2D eigenvalue weighted by molar-refractivity contribution is -0.0823. The number of anilines is 2. The molecule has 0 spiro atoms. The van der Waals surface area contributed by atoms with Gasteiger partial charge in [-0.15, -0.1) is 0 Å². The molecule has 0 amide bonds. The molecular formula is C37H44F2N4O5S. The van der Waals surface area contributed by atoms with Crippen LogP contribution in [0.2, 0.25) is 0 Å². The summed E-state index contributed by atoms with van der Waals surface area (Å²) < 4.78 is 73.5. The zero-order valence-electron chi connectivity index (χ0n) is 28.5. The highest BCUT2D eigenvalue weighted by molar-refractivity contribution is 7.92. The third-order valence-corrected chi connectivity index (χ3v) is 9.12. The van der Waals surface area contributed by atoms with Crippen LogP contribution in [0.25, 0.3) is 22.4 Å². The zero-order valence-corrected chi connectivity index (χ0v) is 29.4. The summed E-state index contributed by atoms with van der Waals surface area (Å²) in [6, 6.07) is 21.1. The van der Waals surface area contributed by atoms with Crippen LogP contribution in [0.5, 0.6) is 5.75 Å². The maximum Gasteiger partial charge on any atom is 0.296 e. The van der Waals surface area contributed by atoms with Gasteiger partial charge in [-0.1, -0.05) is 63.2 Å². The minimum absolute atomic E-state index is 0.000645. The van der Waals surface area contributed by atoms with Crippen LogP contribution in [0.3, 0.4) is 0 Å². The van der Waals surface area contributed by atoms with Gasteiger partial charge in [-0.05, 0) is 74.1 Å². The predicted molar refractivity (Wildman–Crippen MR) is 188 cm³/mol. The van der Waals surface area contributed by atoms with E-state index >= 15 is 8.78 Å². The second-order valence-electron chi connectivity index (χ2n) is 14.1. The molecule has 2 aromatic carbocycles. The summed E-state index contributed by atoms with van der Waals surface area (Å²) in [6.07, 6.45) is 1.16. The van der Waals surface area contributed by atoms with Crippen molar-refractivity contribution in [2.45, 2.75) is 64.0 Å². The molecule has 49 heavy (non-hydrogen) atoms. The summed E-state index contributed by atoms with van der Waals surface area (Å²) in [6.45, 7) is 9.66. The highest BCUT2D eigenvalue weighted by Crippen LogP contribution is 2.41. The smallest absolute Gasteiger partial charge is 0.296 e. The number of alkyl halides is 2. The van der Waals surface area contributed by atoms with E-state index in [9.17, 15) is 13.5 Å². The lowest BCUT2D eigenvalue weighted by Crippen LogP contribution is -2.40. The Balaban J connectivity index is 1.62. The quantitative estimate of drug-likeness (QED) is 0.213. The Labute approximate surface area is 287 Å². The van der Waals surface area contributed by atoms with Crippen LogP contribution in [-0.2, 0) is 20.7 Å². The minimum atomic E-state index is -4.27. The number of pyridine rings is 2. The summed E-state index contributed by atoms with van der Waals surface area (Å²) >= 11 is 0. The van der Waals surface area contributed by atoms with E-state index in [-0.39, 0.29) is 52.8 Å². The van der Waals surface area contributed by atoms with Gasteiger partial charge in [0.15, 0.2) is 5.03 Å². The fraction of sp³-hybridized carbons (Fsp3) is 0.405. The van der Waals surface area contributed by atoms with Crippen molar-refractivity contribution >= 4 is 21.7 Å². The van der Waals surface area contributed by atoms with Crippen molar-refractivity contribution in [1.29, 1.82) is 0 Å². The van der Waals surface area contributed by atoms with Crippen molar-refractivity contribution < 1.29 is 31.8 Å². The molecule has 5 rings (SSSR count). The molecule has 0 fully saturated rings. The number of nitrogens with zero attached hydrogens (tertiary/aromatic N) is 3. The third-order valence-electron chi connectivity index (χ3n) is 7.86. The Kier molecular flexibility index (Phi) is 10.6. The lowest BCUT2D eigenvalue weighted by atomic mass is 9.93. The summed E-state index contributed by atoms with van der Waals surface area (Å²) in [7, 11) is -4.27. The Hall–Kier alpha value is -4.13. The van der Waals surface area contributed by atoms with E-state index in [4.69, 9.17) is 9.47 Å². The van der Waals surface area contributed by atoms with Crippen LogP contribution in [0, 0.1) is 5.41 Å². The van der Waals surface area contributed by atoms with Gasteiger partial charge in [-0.2, -0.15) is 17.2 Å². The van der Waals surface area contributed by atoms with Crippen molar-refractivity contribution in [2.24, 2.45) is 5.41 Å². The molecular weight excluding hydrogens is 650 g/mol. The van der Waals surface area contributed by atoms with Gasteiger partial charge in [0.2, 0.25) is 0 Å². The second-order valence-corrected chi connectivity index (χ2v) is 15.7. The number of aromatic nitrogens is 2. The Morgan fingerprint density at radius 1 is 0.959 bits per heavy atom. The number of β-amino-alcohol motifs (C(OH)–C–C–N with tert-alkyl or cyclic N) is 1. The van der Waals surface area contributed by atoms with Crippen molar-refractivity contribution in [1.82, 2.24) is 9.97 Å². The first-order valence-electron chi connectivity index (χ1n) is 16.3. The maximum atomic E-state index is 16.0. The number of rotatable bonds is 6. The summed E-state index contributed by atoms with van der Waals surface area (Å²) in [5.74, 6) is -2.56. The number of fused-ring (bicyclic) bond motifs is 6. The van der Waals surface area contributed by atoms with Gasteiger partial charge in [0.1, 0.15) is 24.0 Å². The molecule has 0 saturated heterocycles. The fourth-order valence-electron chi connectivity index (χ4n) is 5.49. The molecule has 0 aliphatic carbocycles. The topological polar surface area (TPSA) is 114 Å². The standard InChI is InChI=1S/C37H44F2N4O5S/c1-35(2,3)19-22-48-27-12-8-11-26(23-27)28-17-18-31-40-34(28)29-13-6-7-14-30(29)37(38,39)25-47-21-10-20-43(24-36(4,5)44)32-15-9-16-33(41-32)49(45,46)42-31/h6-9,11-18,23,44H,10,19-22,24-25H2,1-5H3,(H,40,42). The first-order chi connectivity index (χ1) is 23.0. The summed E-state index contributed by atoms with van der Waals surface area (Å²) in [5.41, 5.74) is 0.0891. The monoisotopic (exact) mass is 694 g/mol. The van der Waals surface area contributed by atoms with Gasteiger partial charge >= 0.3 is 0 Å². The number of sulfonamides is 1. The second kappa shape index (κ2) is 14.4. The van der Waals surface area contributed by atoms with Gasteiger partial charge in [0.25, 0.3) is 15.9 Å². The van der Waals surface area contributed by atoms with Gasteiger partial charge in [-0.3, -0.25) is 4.72 Å². The normalized spacial score (nSPS) is 16.6. The van der Waals surface area contributed by atoms with Crippen LogP contribution in [0.4, 0.5) is 20.4 Å². The van der Waals surface area contributed by atoms with E-state index in [0.29, 0.717) is 35.7 Å². The predicted octanol–water partition coefficient (Wildman–Crippen LogP) is 7.52. The summed E-state index contributed by atoms with van der Waals surface area (Å²) in [5, 5.41) is 10.3. The van der Waals surface area contributed by atoms with Crippen molar-refractivity contribution in [2.75, 3.05) is 42.5 Å². The first-order valence-corrected chi connectivity index (χ1v) is 17.8. The van der Waals surface area contributed by atoms with Crippen LogP contribution in [0.1, 0.15) is 53.0 Å². The largest absolute Gasteiger partial charge is 0.494 e. The number of hydrogen-bond donors (Lipinski definition) is 2. The molecule has 4 aromatic rings. The minimum Gasteiger partial charge on any atom is -0.494 e. The van der Waals surface area contributed by atoms with Crippen LogP contribution < -0.4 is 14.4 Å². The molecule has 1 aliphatic heterocycles. The Bertz CT molecular complexity index is 1870. The Morgan fingerprint density at radius 2 is 1.71 bits per heavy atom. The molecule has 0 saturated carbocycles. The molecule has 12 heteroatoms. The van der Waals surface area contributed by atoms with Gasteiger partial charge < -0.3 is 19.5 Å². The van der Waals surface area contributed by atoms with E-state index in [1.165, 1.54) is 24.3 Å². The molecule has 262 valence electrons. The number of ether oxygens (including phenoxy) is 2.